The Morgan fingerprint density at radius 1 is 0.880 bits per heavy atom. The van der Waals surface area contributed by atoms with Crippen LogP contribution in [0.25, 0.3) is 22.3 Å². The van der Waals surface area contributed by atoms with E-state index in [9.17, 15) is 9.59 Å². The van der Waals surface area contributed by atoms with Crippen molar-refractivity contribution in [1.29, 1.82) is 0 Å². The summed E-state index contributed by atoms with van der Waals surface area (Å²) in [7, 11) is 1.58. The van der Waals surface area contributed by atoms with Gasteiger partial charge in [0.05, 0.1) is 12.7 Å². The molecule has 0 spiro atoms. The number of methoxy groups -OCH3 is 1. The van der Waals surface area contributed by atoms with E-state index in [0.29, 0.717) is 22.7 Å². The van der Waals surface area contributed by atoms with Gasteiger partial charge in [-0.3, -0.25) is 9.59 Å². The number of rotatable bonds is 4. The third-order valence-corrected chi connectivity index (χ3v) is 3.46. The van der Waals surface area contributed by atoms with Crippen molar-refractivity contribution in [2.24, 2.45) is 0 Å². The van der Waals surface area contributed by atoms with Gasteiger partial charge in [-0.15, -0.1) is 0 Å². The number of hydrogen-bond donors (Lipinski definition) is 0. The van der Waals surface area contributed by atoms with E-state index >= 15 is 0 Å². The first-order valence-corrected chi connectivity index (χ1v) is 7.55. The van der Waals surface area contributed by atoms with E-state index in [2.05, 4.69) is 0 Å². The lowest BCUT2D eigenvalue weighted by atomic mass is 10.1. The highest BCUT2D eigenvalue weighted by atomic mass is 16.5. The maximum atomic E-state index is 11.4. The van der Waals surface area contributed by atoms with Crippen LogP contribution >= 0.6 is 0 Å². The van der Waals surface area contributed by atoms with Gasteiger partial charge in [-0.25, -0.2) is 0 Å². The topological polar surface area (TPSA) is 75.0 Å². The van der Waals surface area contributed by atoms with E-state index in [-0.39, 0.29) is 11.5 Å². The van der Waals surface area contributed by atoms with Gasteiger partial charge in [-0.05, 0) is 30.3 Å². The number of fused-ring (bicyclic) bond motifs is 1. The molecule has 1 aromatic heterocycles. The molecule has 0 bridgehead atoms. The molecule has 0 N–H and O–H groups in total. The van der Waals surface area contributed by atoms with Crippen molar-refractivity contribution in [1.82, 2.24) is 0 Å². The molecule has 2 aromatic carbocycles. The van der Waals surface area contributed by atoms with Gasteiger partial charge in [0.1, 0.15) is 28.6 Å². The van der Waals surface area contributed by atoms with E-state index in [1.807, 2.05) is 18.2 Å². The minimum absolute atomic E-state index is 0.247. The molecule has 0 atom stereocenters. The molecule has 0 saturated heterocycles. The number of esters is 2. The molecule has 6 heteroatoms. The maximum absolute atomic E-state index is 11.4. The van der Waals surface area contributed by atoms with Crippen molar-refractivity contribution >= 4 is 22.9 Å². The fourth-order valence-corrected chi connectivity index (χ4v) is 2.45. The zero-order valence-corrected chi connectivity index (χ0v) is 14.0. The minimum Gasteiger partial charge on any atom is -0.497 e. The predicted octanol–water partition coefficient (Wildman–Crippen LogP) is 3.96. The number of hydrogen-bond acceptors (Lipinski definition) is 6. The third kappa shape index (κ3) is 3.63. The van der Waals surface area contributed by atoms with Gasteiger partial charge in [0.15, 0.2) is 0 Å². The Kier molecular flexibility index (Phi) is 4.43. The quantitative estimate of drug-likeness (QED) is 0.529. The lowest BCUT2D eigenvalue weighted by Crippen LogP contribution is -2.05. The summed E-state index contributed by atoms with van der Waals surface area (Å²) in [6, 6.07) is 12.1. The summed E-state index contributed by atoms with van der Waals surface area (Å²) in [5, 5.41) is 0.883. The van der Waals surface area contributed by atoms with Crippen molar-refractivity contribution in [3.63, 3.8) is 0 Å². The smallest absolute Gasteiger partial charge is 0.308 e. The van der Waals surface area contributed by atoms with Gasteiger partial charge in [-0.1, -0.05) is 0 Å². The summed E-state index contributed by atoms with van der Waals surface area (Å²) in [6.45, 7) is 2.60. The normalized spacial score (nSPS) is 10.5. The summed E-state index contributed by atoms with van der Waals surface area (Å²) in [5.41, 5.74) is 1.22. The van der Waals surface area contributed by atoms with Gasteiger partial charge in [0, 0.05) is 31.4 Å². The van der Waals surface area contributed by atoms with Crippen molar-refractivity contribution < 1.29 is 28.2 Å². The van der Waals surface area contributed by atoms with Crippen LogP contribution in [0.4, 0.5) is 0 Å². The highest BCUT2D eigenvalue weighted by Crippen LogP contribution is 2.37. The van der Waals surface area contributed by atoms with Crippen molar-refractivity contribution in [2.75, 3.05) is 7.11 Å². The van der Waals surface area contributed by atoms with Crippen LogP contribution in [-0.4, -0.2) is 19.0 Å². The zero-order chi connectivity index (χ0) is 18.0. The Balaban J connectivity index is 2.08. The van der Waals surface area contributed by atoms with Crippen LogP contribution in [0.5, 0.6) is 17.2 Å². The molecule has 25 heavy (non-hydrogen) atoms. The fraction of sp³-hybridized carbons (Fsp3) is 0.158. The lowest BCUT2D eigenvalue weighted by Gasteiger charge is -2.09. The standard InChI is InChI=1S/C19H16O6/c1-11(20)23-15-6-7-16(19(10-15)24-12(2)21)18-8-13-4-5-14(22-3)9-17(13)25-18/h4-10H,1-3H3. The highest BCUT2D eigenvalue weighted by Gasteiger charge is 2.15. The van der Waals surface area contributed by atoms with Gasteiger partial charge in [0.25, 0.3) is 0 Å². The molecule has 0 radical (unpaired) electrons. The van der Waals surface area contributed by atoms with Gasteiger partial charge in [-0.2, -0.15) is 0 Å². The lowest BCUT2D eigenvalue weighted by molar-refractivity contribution is -0.132. The first-order valence-electron chi connectivity index (χ1n) is 7.55. The molecular weight excluding hydrogens is 324 g/mol. The average Bonchev–Trinajstić information content (AvgIpc) is 2.96. The molecule has 0 aliphatic heterocycles. The van der Waals surface area contributed by atoms with Crippen LogP contribution in [-0.2, 0) is 9.59 Å². The highest BCUT2D eigenvalue weighted by molar-refractivity contribution is 5.86. The summed E-state index contributed by atoms with van der Waals surface area (Å²) in [6.07, 6.45) is 0. The first-order chi connectivity index (χ1) is 12.0. The largest absolute Gasteiger partial charge is 0.497 e. The van der Waals surface area contributed by atoms with Crippen LogP contribution in [0.2, 0.25) is 0 Å². The average molecular weight is 340 g/mol. The molecule has 3 rings (SSSR count). The Hall–Kier alpha value is -3.28. The summed E-state index contributed by atoms with van der Waals surface area (Å²) < 4.78 is 21.3. The number of carbonyl (C=O) groups excluding carboxylic acids is 2. The molecule has 6 nitrogen and oxygen atoms in total. The Labute approximate surface area is 143 Å². The summed E-state index contributed by atoms with van der Waals surface area (Å²) >= 11 is 0. The zero-order valence-electron chi connectivity index (χ0n) is 14.0. The molecule has 0 fully saturated rings. The van der Waals surface area contributed by atoms with Crippen LogP contribution in [0.15, 0.2) is 46.9 Å². The molecule has 0 saturated carbocycles. The van der Waals surface area contributed by atoms with Crippen LogP contribution < -0.4 is 14.2 Å². The second-order valence-corrected chi connectivity index (χ2v) is 5.36. The van der Waals surface area contributed by atoms with E-state index in [1.54, 1.807) is 25.3 Å². The Bertz CT molecular complexity index is 954. The van der Waals surface area contributed by atoms with E-state index in [0.717, 1.165) is 5.39 Å². The number of furan rings is 1. The molecule has 1 heterocycles. The van der Waals surface area contributed by atoms with Crippen molar-refractivity contribution in [2.45, 2.75) is 13.8 Å². The van der Waals surface area contributed by atoms with Gasteiger partial charge in [0.2, 0.25) is 0 Å². The second kappa shape index (κ2) is 6.68. The van der Waals surface area contributed by atoms with Crippen molar-refractivity contribution in [3.05, 3.63) is 42.5 Å². The maximum Gasteiger partial charge on any atom is 0.308 e. The predicted molar refractivity (Wildman–Crippen MR) is 90.8 cm³/mol. The molecule has 128 valence electrons. The summed E-state index contributed by atoms with van der Waals surface area (Å²) in [5.74, 6) is 0.784. The SMILES string of the molecule is COc1ccc2cc(-c3ccc(OC(C)=O)cc3OC(C)=O)oc2c1. The minimum atomic E-state index is -0.487. The van der Waals surface area contributed by atoms with Gasteiger partial charge >= 0.3 is 11.9 Å². The van der Waals surface area contributed by atoms with Crippen LogP contribution in [0, 0.1) is 0 Å². The Morgan fingerprint density at radius 2 is 1.60 bits per heavy atom. The molecule has 0 unspecified atom stereocenters. The monoisotopic (exact) mass is 340 g/mol. The van der Waals surface area contributed by atoms with E-state index < -0.39 is 11.9 Å². The van der Waals surface area contributed by atoms with E-state index in [4.69, 9.17) is 18.6 Å². The number of carbonyl (C=O) groups is 2. The number of ether oxygens (including phenoxy) is 3. The van der Waals surface area contributed by atoms with E-state index in [1.165, 1.54) is 19.9 Å². The molecular formula is C19H16O6. The van der Waals surface area contributed by atoms with Crippen LogP contribution in [0.1, 0.15) is 13.8 Å². The molecule has 0 aliphatic carbocycles. The Morgan fingerprint density at radius 3 is 2.28 bits per heavy atom. The fourth-order valence-electron chi connectivity index (χ4n) is 2.45. The molecule has 0 amide bonds. The van der Waals surface area contributed by atoms with Crippen molar-refractivity contribution in [3.8, 4) is 28.6 Å². The molecule has 3 aromatic rings. The van der Waals surface area contributed by atoms with Gasteiger partial charge < -0.3 is 18.6 Å². The number of benzene rings is 2. The summed E-state index contributed by atoms with van der Waals surface area (Å²) in [4.78, 5) is 22.5. The molecule has 0 aliphatic rings. The third-order valence-electron chi connectivity index (χ3n) is 3.46. The second-order valence-electron chi connectivity index (χ2n) is 5.36. The first kappa shape index (κ1) is 16.6. The van der Waals surface area contributed by atoms with Crippen LogP contribution in [0.3, 0.4) is 0 Å².